The maximum Gasteiger partial charge on any atom is 0.335 e. The lowest BCUT2D eigenvalue weighted by Gasteiger charge is -2.08. The molecule has 0 bridgehead atoms. The van der Waals surface area contributed by atoms with Crippen molar-refractivity contribution in [2.45, 2.75) is 0 Å². The number of rotatable bonds is 5. The van der Waals surface area contributed by atoms with Gasteiger partial charge in [0.15, 0.2) is 5.52 Å². The van der Waals surface area contributed by atoms with E-state index in [9.17, 15) is 25.0 Å². The van der Waals surface area contributed by atoms with Crippen LogP contribution in [0.2, 0.25) is 0 Å². The minimum atomic E-state index is -1.19. The highest BCUT2D eigenvalue weighted by molar-refractivity contribution is 6.00. The van der Waals surface area contributed by atoms with Crippen LogP contribution >= 0.6 is 0 Å². The van der Waals surface area contributed by atoms with Gasteiger partial charge >= 0.3 is 17.3 Å². The van der Waals surface area contributed by atoms with E-state index >= 15 is 0 Å². The van der Waals surface area contributed by atoms with Crippen molar-refractivity contribution in [3.63, 3.8) is 0 Å². The minimum Gasteiger partial charge on any atom is -0.478 e. The molecule has 2 N–H and O–H groups in total. The van der Waals surface area contributed by atoms with Gasteiger partial charge in [-0.15, -0.1) is 0 Å². The van der Waals surface area contributed by atoms with Gasteiger partial charge in [-0.25, -0.2) is 9.42 Å². The molecule has 0 aliphatic heterocycles. The van der Waals surface area contributed by atoms with E-state index in [0.717, 1.165) is 6.07 Å². The zero-order chi connectivity index (χ0) is 18.1. The second kappa shape index (κ2) is 5.84. The second-order valence-corrected chi connectivity index (χ2v) is 4.78. The first kappa shape index (κ1) is 15.8. The van der Waals surface area contributed by atoms with Crippen molar-refractivity contribution in [2.75, 3.05) is 5.32 Å². The Bertz CT molecular complexity index is 1030. The number of nitro groups is 2. The number of nitro benzene ring substituents is 2. The van der Waals surface area contributed by atoms with E-state index in [2.05, 4.69) is 20.3 Å². The molecule has 0 aliphatic rings. The van der Waals surface area contributed by atoms with Crippen LogP contribution in [0.4, 0.5) is 22.7 Å². The maximum absolute atomic E-state index is 11.3. The van der Waals surface area contributed by atoms with Crippen LogP contribution < -0.4 is 5.32 Å². The number of fused-ring (bicyclic) bond motifs is 1. The molecule has 126 valence electrons. The highest BCUT2D eigenvalue weighted by atomic mass is 16.6. The van der Waals surface area contributed by atoms with Gasteiger partial charge < -0.3 is 10.4 Å². The van der Waals surface area contributed by atoms with Crippen LogP contribution in [0.25, 0.3) is 11.0 Å². The van der Waals surface area contributed by atoms with Crippen LogP contribution in [0.3, 0.4) is 0 Å². The topological polar surface area (TPSA) is 175 Å². The molecule has 0 saturated heterocycles. The molecule has 0 atom stereocenters. The quantitative estimate of drug-likeness (QED) is 0.516. The van der Waals surface area contributed by atoms with E-state index < -0.39 is 27.2 Å². The third kappa shape index (κ3) is 2.78. The fourth-order valence-corrected chi connectivity index (χ4v) is 2.19. The molecule has 3 rings (SSSR count). The summed E-state index contributed by atoms with van der Waals surface area (Å²) in [6.45, 7) is 0. The summed E-state index contributed by atoms with van der Waals surface area (Å²) in [6, 6.07) is 6.21. The lowest BCUT2D eigenvalue weighted by molar-refractivity contribution is -0.392. The van der Waals surface area contributed by atoms with Crippen molar-refractivity contribution in [3.8, 4) is 0 Å². The van der Waals surface area contributed by atoms with Crippen molar-refractivity contribution in [1.82, 2.24) is 10.3 Å². The van der Waals surface area contributed by atoms with Crippen LogP contribution in [0.5, 0.6) is 0 Å². The van der Waals surface area contributed by atoms with E-state index in [1.54, 1.807) is 0 Å². The van der Waals surface area contributed by atoms with Gasteiger partial charge in [-0.1, -0.05) is 6.07 Å². The van der Waals surface area contributed by atoms with Crippen molar-refractivity contribution >= 4 is 39.8 Å². The Balaban J connectivity index is 2.20. The number of hydrogen-bond acceptors (Lipinski definition) is 9. The number of nitrogens with one attached hydrogen (secondary N) is 1. The number of non-ortho nitro benzene ring substituents is 1. The molecule has 0 spiro atoms. The molecule has 12 nitrogen and oxygen atoms in total. The number of hydrogen-bond donors (Lipinski definition) is 2. The maximum atomic E-state index is 11.3. The third-order valence-electron chi connectivity index (χ3n) is 3.27. The van der Waals surface area contributed by atoms with Gasteiger partial charge in [0.05, 0.1) is 21.5 Å². The Kier molecular flexibility index (Phi) is 3.69. The Morgan fingerprint density at radius 2 is 1.76 bits per heavy atom. The number of carbonyl (C=O) groups is 1. The third-order valence-corrected chi connectivity index (χ3v) is 3.27. The molecule has 1 heterocycles. The normalized spacial score (nSPS) is 10.6. The van der Waals surface area contributed by atoms with Gasteiger partial charge in [0.2, 0.25) is 5.52 Å². The van der Waals surface area contributed by atoms with E-state index in [1.807, 2.05) is 0 Å². The van der Waals surface area contributed by atoms with Gasteiger partial charge in [-0.05, 0) is 28.5 Å². The molecule has 0 saturated carbocycles. The molecule has 0 radical (unpaired) electrons. The SMILES string of the molecule is O=C(O)c1cccc(Nc2c([N+](=O)[O-])cc([N+](=O)[O-])c3nonc23)c1. The summed E-state index contributed by atoms with van der Waals surface area (Å²) in [5, 5.41) is 40.9. The van der Waals surface area contributed by atoms with E-state index in [1.165, 1.54) is 24.3 Å². The molecule has 0 unspecified atom stereocenters. The number of anilines is 2. The zero-order valence-electron chi connectivity index (χ0n) is 12.1. The predicted molar refractivity (Wildman–Crippen MR) is 81.8 cm³/mol. The number of carboxylic acid groups (broad SMARTS) is 1. The summed E-state index contributed by atoms with van der Waals surface area (Å²) in [4.78, 5) is 31.7. The average Bonchev–Trinajstić information content (AvgIpc) is 3.04. The van der Waals surface area contributed by atoms with E-state index in [4.69, 9.17) is 5.11 Å². The van der Waals surface area contributed by atoms with Crippen LogP contribution in [-0.4, -0.2) is 31.2 Å². The largest absolute Gasteiger partial charge is 0.478 e. The van der Waals surface area contributed by atoms with Crippen LogP contribution in [0.15, 0.2) is 35.0 Å². The van der Waals surface area contributed by atoms with Gasteiger partial charge in [0.25, 0.3) is 0 Å². The number of aromatic nitrogens is 2. The summed E-state index contributed by atoms with van der Waals surface area (Å²) >= 11 is 0. The van der Waals surface area contributed by atoms with Gasteiger partial charge in [0.1, 0.15) is 5.69 Å². The molecular weight excluding hydrogens is 338 g/mol. The molecular formula is C13H7N5O7. The highest BCUT2D eigenvalue weighted by Crippen LogP contribution is 2.39. The molecule has 25 heavy (non-hydrogen) atoms. The Labute approximate surface area is 136 Å². The molecule has 0 aliphatic carbocycles. The summed E-state index contributed by atoms with van der Waals surface area (Å²) in [6.07, 6.45) is 0. The monoisotopic (exact) mass is 345 g/mol. The Hall–Kier alpha value is -4.09. The van der Waals surface area contributed by atoms with Crippen LogP contribution in [-0.2, 0) is 0 Å². The van der Waals surface area contributed by atoms with Crippen molar-refractivity contribution in [1.29, 1.82) is 0 Å². The summed E-state index contributed by atoms with van der Waals surface area (Å²) in [5.74, 6) is -1.19. The number of benzene rings is 2. The second-order valence-electron chi connectivity index (χ2n) is 4.78. The van der Waals surface area contributed by atoms with Crippen molar-refractivity contribution < 1.29 is 24.4 Å². The van der Waals surface area contributed by atoms with Gasteiger partial charge in [-0.2, -0.15) is 0 Å². The first-order chi connectivity index (χ1) is 11.9. The fourth-order valence-electron chi connectivity index (χ4n) is 2.19. The lowest BCUT2D eigenvalue weighted by atomic mass is 10.1. The van der Waals surface area contributed by atoms with Crippen LogP contribution in [0, 0.1) is 20.2 Å². The van der Waals surface area contributed by atoms with E-state index in [-0.39, 0.29) is 28.0 Å². The number of carboxylic acids is 1. The minimum absolute atomic E-state index is 0.0518. The predicted octanol–water partition coefficient (Wildman–Crippen LogP) is 2.48. The lowest BCUT2D eigenvalue weighted by Crippen LogP contribution is -2.02. The molecule has 0 amide bonds. The van der Waals surface area contributed by atoms with E-state index in [0.29, 0.717) is 0 Å². The number of aromatic carboxylic acids is 1. The standard InChI is InChI=1S/C13H7N5O7/c19-13(20)6-2-1-3-7(4-6)14-10-8(17(21)22)5-9(18(23)24)11-12(10)16-25-15-11/h1-5,14H,(H,19,20). The van der Waals surface area contributed by atoms with Crippen molar-refractivity contribution in [3.05, 3.63) is 56.1 Å². The molecule has 0 fully saturated rings. The zero-order valence-corrected chi connectivity index (χ0v) is 12.1. The average molecular weight is 345 g/mol. The fraction of sp³-hybridized carbons (Fsp3) is 0. The molecule has 3 aromatic rings. The molecule has 12 heteroatoms. The van der Waals surface area contributed by atoms with Gasteiger partial charge in [-0.3, -0.25) is 20.2 Å². The van der Waals surface area contributed by atoms with Crippen molar-refractivity contribution in [2.24, 2.45) is 0 Å². The van der Waals surface area contributed by atoms with Gasteiger partial charge in [0, 0.05) is 5.69 Å². The first-order valence-corrected chi connectivity index (χ1v) is 6.57. The smallest absolute Gasteiger partial charge is 0.335 e. The Morgan fingerprint density at radius 3 is 2.40 bits per heavy atom. The van der Waals surface area contributed by atoms with Crippen LogP contribution in [0.1, 0.15) is 10.4 Å². The Morgan fingerprint density at radius 1 is 1.08 bits per heavy atom. The number of nitrogens with zero attached hydrogens (tertiary/aromatic N) is 4. The molecule has 2 aromatic carbocycles. The highest BCUT2D eigenvalue weighted by Gasteiger charge is 2.29. The molecule has 1 aromatic heterocycles. The summed E-state index contributed by atoms with van der Waals surface area (Å²) < 4.78 is 4.47. The summed E-state index contributed by atoms with van der Waals surface area (Å²) in [7, 11) is 0. The first-order valence-electron chi connectivity index (χ1n) is 6.57. The summed E-state index contributed by atoms with van der Waals surface area (Å²) in [5.41, 5.74) is -1.79.